The number of fused-ring (bicyclic) bond motifs is 7. The minimum atomic E-state index is -2.92. The molecule has 0 N–H and O–H groups in total. The summed E-state index contributed by atoms with van der Waals surface area (Å²) in [4.78, 5) is 8.23. The highest BCUT2D eigenvalue weighted by molar-refractivity contribution is 7.20. The van der Waals surface area contributed by atoms with Gasteiger partial charge in [0.2, 0.25) is 0 Å². The molecule has 1 fully saturated rings. The van der Waals surface area contributed by atoms with Crippen LogP contribution in [-0.4, -0.2) is 28.4 Å². The topological polar surface area (TPSA) is 9.72 Å². The van der Waals surface area contributed by atoms with Crippen LogP contribution in [0.15, 0.2) is 328 Å². The summed E-state index contributed by atoms with van der Waals surface area (Å²) in [6.07, 6.45) is 4.59. The average molecular weight is 1320 g/mol. The van der Waals surface area contributed by atoms with E-state index in [0.29, 0.717) is 0 Å². The van der Waals surface area contributed by atoms with E-state index in [1.54, 1.807) is 0 Å². The first-order chi connectivity index (χ1) is 48.6. The van der Waals surface area contributed by atoms with Crippen molar-refractivity contribution < 1.29 is 0 Å². The Kier molecular flexibility index (Phi) is 15.4. The largest absolute Gasteiger partial charge is 0.335 e. The molecule has 1 aliphatic carbocycles. The summed E-state index contributed by atoms with van der Waals surface area (Å²) in [6, 6.07) is 127. The minimum absolute atomic E-state index is 0.0581. The van der Waals surface area contributed by atoms with Crippen molar-refractivity contribution in [2.24, 2.45) is 0 Å². The first-order valence-electron chi connectivity index (χ1n) is 36.2. The van der Waals surface area contributed by atoms with Crippen molar-refractivity contribution >= 4 is 126 Å². The normalized spacial score (nSPS) is 16.9. The summed E-state index contributed by atoms with van der Waals surface area (Å²) in [6.45, 7) is 19.4. The number of anilines is 8. The van der Waals surface area contributed by atoms with Gasteiger partial charge in [-0.15, -0.1) is 0 Å². The van der Waals surface area contributed by atoms with Crippen LogP contribution >= 0.6 is 0 Å². The molecule has 0 bridgehead atoms. The summed E-state index contributed by atoms with van der Waals surface area (Å²) >= 11 is 0. The van der Waals surface area contributed by atoms with Crippen molar-refractivity contribution in [2.45, 2.75) is 103 Å². The number of nitrogens with zero attached hydrogens (tertiary/aromatic N) is 3. The first-order valence-corrected chi connectivity index (χ1v) is 40.2. The van der Waals surface area contributed by atoms with Crippen LogP contribution in [0.5, 0.6) is 0 Å². The Hall–Kier alpha value is -10.2. The fourth-order valence-corrected chi connectivity index (χ4v) is 27.9. The van der Waals surface area contributed by atoms with E-state index < -0.39 is 16.1 Å². The molecule has 0 amide bonds. The highest BCUT2D eigenvalue weighted by Crippen LogP contribution is 2.63. The van der Waals surface area contributed by atoms with Crippen LogP contribution in [0.3, 0.4) is 0 Å². The molecule has 17 rings (SSSR count). The molecule has 13 aromatic carbocycles. The van der Waals surface area contributed by atoms with E-state index >= 15 is 0 Å². The van der Waals surface area contributed by atoms with Crippen LogP contribution in [0.1, 0.15) is 97.8 Å². The lowest BCUT2D eigenvalue weighted by atomic mass is 9.33. The SMILES string of the molecule is CC(C)(C)c1cccc(N2c3cc(C(C)(C)C)ccc3B3c4cc(-c5ccccc5)cc5c4N(c4cc(N(c6ccc([Si](c7ccccc7)(c7ccccc7)c7ccccc7)cc6)c6ccc([Si](c7ccccc7)(c7ccccc7)c7ccccc7)cc6)cc2c43)C2(C)CCCCC52C)c1. The Morgan fingerprint density at radius 1 is 0.350 bits per heavy atom. The molecule has 3 heterocycles. The predicted octanol–water partition coefficient (Wildman–Crippen LogP) is 16.5. The number of hydrogen-bond donors (Lipinski definition) is 0. The number of benzene rings is 13. The monoisotopic (exact) mass is 1320 g/mol. The van der Waals surface area contributed by atoms with Crippen molar-refractivity contribution in [1.29, 1.82) is 0 Å². The molecular weight excluding hydrogens is 1240 g/mol. The second-order valence-electron chi connectivity index (χ2n) is 31.1. The molecule has 13 aromatic rings. The maximum atomic E-state index is 2.92. The van der Waals surface area contributed by atoms with Gasteiger partial charge in [-0.2, -0.15) is 0 Å². The van der Waals surface area contributed by atoms with Gasteiger partial charge in [-0.05, 0) is 177 Å². The van der Waals surface area contributed by atoms with E-state index in [2.05, 4.69) is 398 Å². The molecule has 3 aliphatic heterocycles. The standard InChI is InChI=1S/C94H86BN3Si2/c1-91(2,3)69-35-32-36-73(63-69)97-86-64-70(92(4,5)6)49-58-84(86)95-85-62-68(67-33-16-9-17-34-67)61-83-90(85)98(94(8)60-31-30-59-93(83,94)7)88-66-74(65-87(97)89(88)95)96(71-50-54-81(55-51-71)99(75-37-18-10-19-38-75,76-39-20-11-21-40-76)77-41-22-12-23-42-77)72-52-56-82(57-53-72)100(78-43-24-13-25-44-78,79-45-26-14-27-46-79)80-47-28-15-29-48-80/h9-29,32-58,61-66H,30-31,59-60H2,1-8H3. The van der Waals surface area contributed by atoms with Gasteiger partial charge in [-0.25, -0.2) is 0 Å². The Labute approximate surface area is 595 Å². The second-order valence-corrected chi connectivity index (χ2v) is 38.7. The minimum Gasteiger partial charge on any atom is -0.335 e. The van der Waals surface area contributed by atoms with E-state index in [9.17, 15) is 0 Å². The molecule has 0 spiro atoms. The lowest BCUT2D eigenvalue weighted by molar-refractivity contribution is 0.195. The maximum absolute atomic E-state index is 2.92. The summed E-state index contributed by atoms with van der Waals surface area (Å²) in [5.74, 6) is 0. The molecule has 0 saturated heterocycles. The second kappa shape index (κ2) is 24.3. The van der Waals surface area contributed by atoms with Crippen molar-refractivity contribution in [3.63, 3.8) is 0 Å². The average Bonchev–Trinajstić information content (AvgIpc) is 1.46. The first kappa shape index (κ1) is 63.2. The maximum Gasteiger partial charge on any atom is 0.252 e. The zero-order chi connectivity index (χ0) is 68.2. The van der Waals surface area contributed by atoms with Crippen LogP contribution in [0.4, 0.5) is 45.5 Å². The van der Waals surface area contributed by atoms with Gasteiger partial charge in [-0.1, -0.05) is 328 Å². The lowest BCUT2D eigenvalue weighted by Gasteiger charge is -2.53. The van der Waals surface area contributed by atoms with Crippen LogP contribution in [0.25, 0.3) is 11.1 Å². The number of hydrogen-bond acceptors (Lipinski definition) is 3. The summed E-state index contributed by atoms with van der Waals surface area (Å²) < 4.78 is 0. The fourth-order valence-electron chi connectivity index (χ4n) is 18.4. The Bertz CT molecular complexity index is 4810. The zero-order valence-electron chi connectivity index (χ0n) is 58.9. The third-order valence-corrected chi connectivity index (χ3v) is 33.2. The van der Waals surface area contributed by atoms with Gasteiger partial charge < -0.3 is 14.7 Å². The molecule has 0 radical (unpaired) electrons. The van der Waals surface area contributed by atoms with Crippen LogP contribution in [0.2, 0.25) is 0 Å². The zero-order valence-corrected chi connectivity index (χ0v) is 60.9. The predicted molar refractivity (Wildman–Crippen MR) is 433 cm³/mol. The highest BCUT2D eigenvalue weighted by Gasteiger charge is 2.62. The molecular formula is C94H86BN3Si2. The van der Waals surface area contributed by atoms with Crippen molar-refractivity contribution in [3.05, 3.63) is 344 Å². The van der Waals surface area contributed by atoms with Gasteiger partial charge in [0.15, 0.2) is 16.1 Å². The molecule has 488 valence electrons. The van der Waals surface area contributed by atoms with Crippen molar-refractivity contribution in [2.75, 3.05) is 14.7 Å². The quantitative estimate of drug-likeness (QED) is 0.0841. The molecule has 2 atom stereocenters. The molecule has 4 aliphatic rings. The van der Waals surface area contributed by atoms with E-state index in [0.717, 1.165) is 29.9 Å². The van der Waals surface area contributed by atoms with Crippen LogP contribution < -0.4 is 72.6 Å². The Morgan fingerprint density at radius 3 is 1.23 bits per heavy atom. The van der Waals surface area contributed by atoms with Gasteiger partial charge in [0.1, 0.15) is 0 Å². The van der Waals surface area contributed by atoms with Crippen LogP contribution in [0, 0.1) is 0 Å². The van der Waals surface area contributed by atoms with Crippen molar-refractivity contribution in [3.8, 4) is 11.1 Å². The summed E-state index contributed by atoms with van der Waals surface area (Å²) in [5, 5.41) is 10.8. The third kappa shape index (κ3) is 9.87. The fraction of sp³-hybridized carbons (Fsp3) is 0.170. The number of rotatable bonds is 13. The van der Waals surface area contributed by atoms with E-state index in [4.69, 9.17) is 0 Å². The van der Waals surface area contributed by atoms with E-state index in [1.807, 2.05) is 0 Å². The molecule has 6 heteroatoms. The van der Waals surface area contributed by atoms with E-state index in [-0.39, 0.29) is 28.5 Å². The van der Waals surface area contributed by atoms with Crippen molar-refractivity contribution in [1.82, 2.24) is 0 Å². The molecule has 1 saturated carbocycles. The van der Waals surface area contributed by atoms with Gasteiger partial charge in [0, 0.05) is 45.2 Å². The van der Waals surface area contributed by atoms with Gasteiger partial charge in [0.25, 0.3) is 6.71 Å². The molecule has 0 aromatic heterocycles. The Morgan fingerprint density at radius 2 is 0.770 bits per heavy atom. The lowest BCUT2D eigenvalue weighted by Crippen LogP contribution is -2.74. The summed E-state index contributed by atoms with van der Waals surface area (Å²) in [5.41, 5.74) is 19.9. The third-order valence-electron chi connectivity index (χ3n) is 23.6. The highest BCUT2D eigenvalue weighted by atomic mass is 28.3. The van der Waals surface area contributed by atoms with Gasteiger partial charge >= 0.3 is 0 Å². The Balaban J connectivity index is 0.974. The van der Waals surface area contributed by atoms with Crippen LogP contribution in [-0.2, 0) is 16.2 Å². The molecule has 100 heavy (non-hydrogen) atoms. The molecule has 2 unspecified atom stereocenters. The smallest absolute Gasteiger partial charge is 0.252 e. The molecule has 3 nitrogen and oxygen atoms in total. The van der Waals surface area contributed by atoms with Gasteiger partial charge in [-0.3, -0.25) is 0 Å². The van der Waals surface area contributed by atoms with E-state index in [1.165, 1.54) is 127 Å². The summed E-state index contributed by atoms with van der Waals surface area (Å²) in [7, 11) is -5.84. The van der Waals surface area contributed by atoms with Gasteiger partial charge in [0.05, 0.1) is 11.2 Å².